The summed E-state index contributed by atoms with van der Waals surface area (Å²) in [5.41, 5.74) is 3.17. The molecule has 0 heterocycles. The number of rotatable bonds is 10. The number of hydrogen-bond acceptors (Lipinski definition) is 5. The Bertz CT molecular complexity index is 819. The van der Waals surface area contributed by atoms with E-state index in [0.717, 1.165) is 6.42 Å². The molecule has 0 aliphatic heterocycles. The minimum absolute atomic E-state index is 0. The number of aliphatic carboxylic acids is 1. The van der Waals surface area contributed by atoms with E-state index >= 15 is 0 Å². The van der Waals surface area contributed by atoms with Gasteiger partial charge in [-0.1, -0.05) is 104 Å². The van der Waals surface area contributed by atoms with Crippen LogP contribution in [0.4, 0.5) is 0 Å². The van der Waals surface area contributed by atoms with Crippen molar-refractivity contribution in [2.45, 2.75) is 38.0 Å². The predicted molar refractivity (Wildman–Crippen MR) is 138 cm³/mol. The van der Waals surface area contributed by atoms with Gasteiger partial charge in [-0.25, -0.2) is 0 Å². The molecule has 0 atom stereocenters. The minimum atomic E-state index is -2.23. The third-order valence-electron chi connectivity index (χ3n) is 5.20. The molecule has 0 unspecified atom stereocenters. The first kappa shape index (κ1) is 34.1. The lowest BCUT2D eigenvalue weighted by Crippen LogP contribution is -2.48. The van der Waals surface area contributed by atoms with E-state index in [1.165, 1.54) is 16.7 Å². The molecule has 0 fully saturated rings. The maximum Gasteiger partial charge on any atom is 0.0604 e. The number of carboxylic acid groups (broad SMARTS) is 1. The molecule has 0 saturated heterocycles. The summed E-state index contributed by atoms with van der Waals surface area (Å²) >= 11 is 0. The molecule has 3 rings (SSSR count). The van der Waals surface area contributed by atoms with Gasteiger partial charge in [0.25, 0.3) is 0 Å². The number of carboxylic acids is 1. The van der Waals surface area contributed by atoms with Crippen LogP contribution in [0.25, 0.3) is 0 Å². The van der Waals surface area contributed by atoms with Crippen LogP contribution in [-0.2, 0) is 14.9 Å². The van der Waals surface area contributed by atoms with Crippen LogP contribution >= 0.6 is 0 Å². The summed E-state index contributed by atoms with van der Waals surface area (Å²) in [6.07, 6.45) is 2.19. The van der Waals surface area contributed by atoms with Crippen molar-refractivity contribution in [3.8, 4) is 0 Å². The number of quaternary nitrogens is 3. The van der Waals surface area contributed by atoms with Crippen molar-refractivity contribution in [1.82, 2.24) is 18.5 Å². The van der Waals surface area contributed by atoms with Crippen molar-refractivity contribution < 1.29 is 24.6 Å². The molecule has 0 saturated carbocycles. The average molecular weight is 485 g/mol. The van der Waals surface area contributed by atoms with Crippen molar-refractivity contribution in [3.05, 3.63) is 108 Å². The second-order valence-corrected chi connectivity index (χ2v) is 7.39. The fraction of sp³-hybridized carbons (Fsp3) is 0.269. The summed E-state index contributed by atoms with van der Waals surface area (Å²) in [5, 5.41) is 30.9. The molecule has 0 aliphatic carbocycles. The van der Waals surface area contributed by atoms with E-state index in [1.54, 1.807) is 6.92 Å². The first-order chi connectivity index (χ1) is 15.5. The largest absolute Gasteiger partial charge is 0.871 e. The van der Waals surface area contributed by atoms with Gasteiger partial charge in [-0.2, -0.15) is 0 Å². The highest BCUT2D eigenvalue weighted by Crippen LogP contribution is 2.42. The molecule has 192 valence electrons. The minimum Gasteiger partial charge on any atom is -0.871 e. The van der Waals surface area contributed by atoms with Gasteiger partial charge in [0.05, 0.1) is 7.32 Å². The van der Waals surface area contributed by atoms with Gasteiger partial charge >= 0.3 is 0 Å². The van der Waals surface area contributed by atoms with Gasteiger partial charge in [0, 0.05) is 18.0 Å². The van der Waals surface area contributed by atoms with Gasteiger partial charge in [0.2, 0.25) is 0 Å². The molecule has 0 radical (unpaired) electrons. The Hall–Kier alpha value is -3.05. The predicted octanol–water partition coefficient (Wildman–Crippen LogP) is 3.19. The number of carbonyl (C=O) groups excluding carboxylic acids is 1. The summed E-state index contributed by atoms with van der Waals surface area (Å²) in [5.74, 6) is -0.961. The monoisotopic (exact) mass is 485 g/mol. The number of hydrogen-bond donors (Lipinski definition) is 3. The second-order valence-electron chi connectivity index (χ2n) is 7.39. The molecule has 0 aromatic heterocycles. The third-order valence-corrected chi connectivity index (χ3v) is 5.20. The molecule has 3 aromatic rings. The maximum atomic E-state index is 10.7. The lowest BCUT2D eigenvalue weighted by Gasteiger charge is -2.37. The Morgan fingerprint density at radius 3 is 1.40 bits per heavy atom. The Labute approximate surface area is 208 Å². The first-order valence-electron chi connectivity index (χ1n) is 10.8. The van der Waals surface area contributed by atoms with Gasteiger partial charge in [0.15, 0.2) is 0 Å². The van der Waals surface area contributed by atoms with Crippen molar-refractivity contribution in [2.24, 2.45) is 0 Å². The summed E-state index contributed by atoms with van der Waals surface area (Å²) in [4.78, 5) is 9.49. The number of benzene rings is 3. The molecule has 0 spiro atoms. The Morgan fingerprint density at radius 1 is 0.771 bits per heavy atom. The third kappa shape index (κ3) is 10.4. The van der Waals surface area contributed by atoms with Crippen molar-refractivity contribution in [2.75, 3.05) is 6.61 Å². The zero-order valence-electron chi connectivity index (χ0n) is 21.3. The standard InChI is InChI=1S/C22H21BO3.C4H8O2.3H3N/c24-23(25)26-18-10-17-22(19-11-4-1-5-12-19,20-13-6-2-7-14-20)21-15-8-3-9-16-21;1-2-3-4(5)6;;;/h1-9,11-16H,10,17-18H2;2-3H2,1H3,(H,5,6);3*1H3/q-2;;;;/p+2. The molecular weight excluding hydrogens is 445 g/mol. The van der Waals surface area contributed by atoms with Crippen LogP contribution in [0, 0.1) is 0 Å². The van der Waals surface area contributed by atoms with Gasteiger partial charge in [0.1, 0.15) is 0 Å². The zero-order valence-corrected chi connectivity index (χ0v) is 21.3. The highest BCUT2D eigenvalue weighted by molar-refractivity contribution is 6.28. The number of carbonyl (C=O) groups is 1. The smallest absolute Gasteiger partial charge is 0.0604 e. The molecule has 12 N–H and O–H groups in total. The molecule has 3 aromatic carbocycles. The zero-order chi connectivity index (χ0) is 23.2. The second kappa shape index (κ2) is 18.3. The first-order valence-corrected chi connectivity index (χ1v) is 10.8. The highest BCUT2D eigenvalue weighted by atomic mass is 16.6. The molecule has 35 heavy (non-hydrogen) atoms. The van der Waals surface area contributed by atoms with Crippen LogP contribution in [0.3, 0.4) is 0 Å². The molecule has 0 bridgehead atoms. The van der Waals surface area contributed by atoms with Crippen molar-refractivity contribution in [3.63, 3.8) is 0 Å². The summed E-state index contributed by atoms with van der Waals surface area (Å²) < 4.78 is 4.73. The SMILES string of the molecule is CCCC(=O)[O-].[NH4+].[NH4+].[NH4+].[O-]B([O-])OCCCC(c1ccccc1)(c1ccccc1)c1ccccc1. The Balaban J connectivity index is 0. The van der Waals surface area contributed by atoms with Crippen molar-refractivity contribution in [1.29, 1.82) is 0 Å². The molecular formula is C26H40BN3O5. The van der Waals surface area contributed by atoms with E-state index < -0.39 is 13.3 Å². The van der Waals surface area contributed by atoms with Crippen LogP contribution in [-0.4, -0.2) is 19.9 Å². The van der Waals surface area contributed by atoms with Crippen LogP contribution in [0.1, 0.15) is 49.3 Å². The van der Waals surface area contributed by atoms with E-state index in [1.807, 2.05) is 54.6 Å². The lowest BCUT2D eigenvalue weighted by molar-refractivity contribution is -0.381. The summed E-state index contributed by atoms with van der Waals surface area (Å²) in [6, 6.07) is 31.0. The Morgan fingerprint density at radius 2 is 1.14 bits per heavy atom. The molecule has 9 heteroatoms. The van der Waals surface area contributed by atoms with Gasteiger partial charge in [-0.15, -0.1) is 0 Å². The highest BCUT2D eigenvalue weighted by Gasteiger charge is 2.35. The van der Waals surface area contributed by atoms with Crippen LogP contribution in [0.2, 0.25) is 0 Å². The fourth-order valence-corrected chi connectivity index (χ4v) is 3.82. The van der Waals surface area contributed by atoms with E-state index in [9.17, 15) is 19.9 Å². The van der Waals surface area contributed by atoms with Crippen LogP contribution in [0.5, 0.6) is 0 Å². The van der Waals surface area contributed by atoms with E-state index in [2.05, 4.69) is 36.4 Å². The van der Waals surface area contributed by atoms with Crippen LogP contribution < -0.4 is 33.6 Å². The quantitative estimate of drug-likeness (QED) is 0.224. The molecule has 0 amide bonds. The maximum absolute atomic E-state index is 10.7. The van der Waals surface area contributed by atoms with Gasteiger partial charge in [-0.05, 0) is 36.0 Å². The van der Waals surface area contributed by atoms with Gasteiger partial charge < -0.3 is 43.1 Å². The normalized spacial score (nSPS) is 9.80. The summed E-state index contributed by atoms with van der Waals surface area (Å²) in [6.45, 7) is 1.96. The van der Waals surface area contributed by atoms with E-state index in [0.29, 0.717) is 12.8 Å². The molecule has 0 aliphatic rings. The molecule has 8 nitrogen and oxygen atoms in total. The topological polar surface area (TPSA) is 205 Å². The fourth-order valence-electron chi connectivity index (χ4n) is 3.82. The Kier molecular flexibility index (Phi) is 17.8. The van der Waals surface area contributed by atoms with Gasteiger partial charge in [-0.3, -0.25) is 0 Å². The van der Waals surface area contributed by atoms with Crippen LogP contribution in [0.15, 0.2) is 91.0 Å². The average Bonchev–Trinajstić information content (AvgIpc) is 2.81. The van der Waals surface area contributed by atoms with E-state index in [-0.39, 0.29) is 36.9 Å². The summed E-state index contributed by atoms with van der Waals surface area (Å²) in [7, 11) is -2.23. The van der Waals surface area contributed by atoms with E-state index in [4.69, 9.17) is 4.65 Å². The van der Waals surface area contributed by atoms with Crippen molar-refractivity contribution >= 4 is 13.3 Å². The lowest BCUT2D eigenvalue weighted by atomic mass is 9.67.